The van der Waals surface area contributed by atoms with Gasteiger partial charge in [0.1, 0.15) is 5.41 Å². The maximum Gasteiger partial charge on any atom is 0.319 e. The first-order valence-electron chi connectivity index (χ1n) is 6.56. The Kier molecular flexibility index (Phi) is 3.78. The minimum absolute atomic E-state index is 0.310. The number of benzene rings is 1. The monoisotopic (exact) mass is 295 g/mol. The summed E-state index contributed by atoms with van der Waals surface area (Å²) in [6.07, 6.45) is 0.845. The number of carboxylic acid groups (broad SMARTS) is 1. The third-order valence-corrected chi connectivity index (χ3v) is 4.13. The average molecular weight is 296 g/mol. The van der Waals surface area contributed by atoms with E-state index in [-0.39, 0.29) is 11.3 Å². The van der Waals surface area contributed by atoms with Gasteiger partial charge in [0.25, 0.3) is 0 Å². The van der Waals surface area contributed by atoms with Gasteiger partial charge in [-0.05, 0) is 30.5 Å². The van der Waals surface area contributed by atoms with Crippen molar-refractivity contribution in [2.24, 2.45) is 5.41 Å². The Bertz CT molecular complexity index is 550. The summed E-state index contributed by atoms with van der Waals surface area (Å²) in [5, 5.41) is 12.5. The van der Waals surface area contributed by atoms with Gasteiger partial charge in [0.2, 0.25) is 5.91 Å². The van der Waals surface area contributed by atoms with E-state index in [4.69, 9.17) is 16.7 Å². The molecule has 20 heavy (non-hydrogen) atoms. The van der Waals surface area contributed by atoms with E-state index in [9.17, 15) is 9.59 Å². The minimum atomic E-state index is -1.19. The van der Waals surface area contributed by atoms with Gasteiger partial charge in [-0.3, -0.25) is 9.59 Å². The molecule has 0 unspecified atom stereocenters. The molecular formula is C15H18ClNO3. The van der Waals surface area contributed by atoms with Crippen LogP contribution in [0.3, 0.4) is 0 Å². The Morgan fingerprint density at radius 3 is 2.55 bits per heavy atom. The second-order valence-corrected chi connectivity index (χ2v) is 6.40. The number of hydrogen-bond donors (Lipinski definition) is 2. The number of carboxylic acids is 1. The molecule has 2 rings (SSSR count). The first-order valence-corrected chi connectivity index (χ1v) is 6.93. The third kappa shape index (κ3) is 2.80. The minimum Gasteiger partial charge on any atom is -0.480 e. The summed E-state index contributed by atoms with van der Waals surface area (Å²) in [6, 6.07) is 7.46. The van der Waals surface area contributed by atoms with E-state index in [1.54, 1.807) is 6.07 Å². The highest BCUT2D eigenvalue weighted by atomic mass is 35.5. The molecule has 1 aromatic carbocycles. The summed E-state index contributed by atoms with van der Waals surface area (Å²) in [5.41, 5.74) is -0.495. The van der Waals surface area contributed by atoms with Crippen LogP contribution < -0.4 is 5.32 Å². The zero-order chi connectivity index (χ0) is 15.0. The highest BCUT2D eigenvalue weighted by Gasteiger charge is 2.57. The van der Waals surface area contributed by atoms with Crippen LogP contribution in [0.1, 0.15) is 32.3 Å². The van der Waals surface area contributed by atoms with Gasteiger partial charge >= 0.3 is 5.97 Å². The number of rotatable bonds is 5. The molecule has 0 heterocycles. The molecule has 1 saturated carbocycles. The quantitative estimate of drug-likeness (QED) is 0.821. The molecule has 108 valence electrons. The molecule has 1 aliphatic carbocycles. The van der Waals surface area contributed by atoms with Crippen LogP contribution in [-0.4, -0.2) is 23.5 Å². The molecule has 0 atom stereocenters. The van der Waals surface area contributed by atoms with Crippen molar-refractivity contribution in [2.45, 2.75) is 32.1 Å². The van der Waals surface area contributed by atoms with Crippen molar-refractivity contribution in [3.05, 3.63) is 34.9 Å². The van der Waals surface area contributed by atoms with E-state index in [1.807, 2.05) is 32.0 Å². The highest BCUT2D eigenvalue weighted by molar-refractivity contribution is 6.30. The fourth-order valence-electron chi connectivity index (χ4n) is 2.14. The van der Waals surface area contributed by atoms with E-state index >= 15 is 0 Å². The van der Waals surface area contributed by atoms with Crippen molar-refractivity contribution in [1.82, 2.24) is 5.32 Å². The first kappa shape index (κ1) is 14.9. The molecule has 0 saturated heterocycles. The molecule has 0 bridgehead atoms. The van der Waals surface area contributed by atoms with Crippen LogP contribution in [0.25, 0.3) is 0 Å². The molecule has 2 N–H and O–H groups in total. The van der Waals surface area contributed by atoms with Gasteiger partial charge in [-0.1, -0.05) is 37.6 Å². The summed E-state index contributed by atoms with van der Waals surface area (Å²) >= 11 is 5.97. The van der Waals surface area contributed by atoms with Crippen LogP contribution in [0.5, 0.6) is 0 Å². The topological polar surface area (TPSA) is 66.4 Å². The number of carbonyl (C=O) groups excluding carboxylic acids is 1. The number of aliphatic carboxylic acids is 1. The Balaban J connectivity index is 2.03. The maximum atomic E-state index is 12.0. The average Bonchev–Trinajstić information content (AvgIpc) is 3.17. The lowest BCUT2D eigenvalue weighted by Crippen LogP contribution is -2.42. The summed E-state index contributed by atoms with van der Waals surface area (Å²) in [4.78, 5) is 23.1. The Morgan fingerprint density at radius 2 is 2.05 bits per heavy atom. The molecule has 1 aromatic rings. The van der Waals surface area contributed by atoms with E-state index in [1.165, 1.54) is 0 Å². The normalized spacial score (nSPS) is 16.6. The van der Waals surface area contributed by atoms with Gasteiger partial charge in [-0.2, -0.15) is 0 Å². The lowest BCUT2D eigenvalue weighted by atomic mass is 9.84. The molecule has 5 heteroatoms. The summed E-state index contributed by atoms with van der Waals surface area (Å²) in [5.74, 6) is -1.42. The molecule has 0 spiro atoms. The lowest BCUT2D eigenvalue weighted by Gasteiger charge is -2.26. The van der Waals surface area contributed by atoms with Gasteiger partial charge in [0.05, 0.1) is 0 Å². The van der Waals surface area contributed by atoms with E-state index in [0.717, 1.165) is 5.56 Å². The van der Waals surface area contributed by atoms with E-state index < -0.39 is 11.4 Å². The van der Waals surface area contributed by atoms with E-state index in [0.29, 0.717) is 24.4 Å². The molecule has 1 fully saturated rings. The smallest absolute Gasteiger partial charge is 0.319 e. The zero-order valence-electron chi connectivity index (χ0n) is 11.6. The Morgan fingerprint density at radius 1 is 1.40 bits per heavy atom. The number of nitrogens with one attached hydrogen (secondary N) is 1. The standard InChI is InChI=1S/C15H18ClNO3/c1-14(2,10-4-3-5-11(16)8-10)9-17-12(18)15(6-7-15)13(19)20/h3-5,8H,6-7,9H2,1-2H3,(H,17,18)(H,19,20). The summed E-state index contributed by atoms with van der Waals surface area (Å²) < 4.78 is 0. The Hall–Kier alpha value is -1.55. The molecule has 1 aliphatic rings. The molecule has 0 aliphatic heterocycles. The number of halogens is 1. The van der Waals surface area contributed by atoms with Crippen LogP contribution in [0.15, 0.2) is 24.3 Å². The van der Waals surface area contributed by atoms with Crippen molar-refractivity contribution in [1.29, 1.82) is 0 Å². The van der Waals surface area contributed by atoms with Crippen molar-refractivity contribution >= 4 is 23.5 Å². The van der Waals surface area contributed by atoms with Crippen LogP contribution in [-0.2, 0) is 15.0 Å². The predicted octanol–water partition coefficient (Wildman–Crippen LogP) is 2.60. The van der Waals surface area contributed by atoms with Gasteiger partial charge in [-0.25, -0.2) is 0 Å². The summed E-state index contributed by atoms with van der Waals surface area (Å²) in [6.45, 7) is 4.35. The largest absolute Gasteiger partial charge is 0.480 e. The van der Waals surface area contributed by atoms with Crippen LogP contribution >= 0.6 is 11.6 Å². The second-order valence-electron chi connectivity index (χ2n) is 5.96. The SMILES string of the molecule is CC(C)(CNC(=O)C1(C(=O)O)CC1)c1cccc(Cl)c1. The molecule has 4 nitrogen and oxygen atoms in total. The van der Waals surface area contributed by atoms with Crippen molar-refractivity contribution < 1.29 is 14.7 Å². The highest BCUT2D eigenvalue weighted by Crippen LogP contribution is 2.46. The van der Waals surface area contributed by atoms with Crippen LogP contribution in [0, 0.1) is 5.41 Å². The van der Waals surface area contributed by atoms with Crippen LogP contribution in [0.2, 0.25) is 5.02 Å². The molecule has 0 aromatic heterocycles. The van der Waals surface area contributed by atoms with E-state index in [2.05, 4.69) is 5.32 Å². The predicted molar refractivity (Wildman–Crippen MR) is 76.8 cm³/mol. The molecule has 1 amide bonds. The second kappa shape index (κ2) is 5.09. The number of amides is 1. The fourth-order valence-corrected chi connectivity index (χ4v) is 2.34. The fraction of sp³-hybridized carbons (Fsp3) is 0.467. The van der Waals surface area contributed by atoms with Crippen LogP contribution in [0.4, 0.5) is 0 Å². The molecule has 0 radical (unpaired) electrons. The maximum absolute atomic E-state index is 12.0. The van der Waals surface area contributed by atoms with Gasteiger partial charge in [0, 0.05) is 17.0 Å². The van der Waals surface area contributed by atoms with Crippen molar-refractivity contribution in [2.75, 3.05) is 6.54 Å². The third-order valence-electron chi connectivity index (χ3n) is 3.89. The van der Waals surface area contributed by atoms with Gasteiger partial charge < -0.3 is 10.4 Å². The van der Waals surface area contributed by atoms with Crippen molar-refractivity contribution in [3.8, 4) is 0 Å². The first-order chi connectivity index (χ1) is 9.28. The number of carbonyl (C=O) groups is 2. The number of hydrogen-bond acceptors (Lipinski definition) is 2. The van der Waals surface area contributed by atoms with Crippen molar-refractivity contribution in [3.63, 3.8) is 0 Å². The summed E-state index contributed by atoms with van der Waals surface area (Å²) in [7, 11) is 0. The lowest BCUT2D eigenvalue weighted by molar-refractivity contribution is -0.149. The zero-order valence-corrected chi connectivity index (χ0v) is 12.3. The van der Waals surface area contributed by atoms with Gasteiger partial charge in [-0.15, -0.1) is 0 Å². The molecular weight excluding hydrogens is 278 g/mol. The Labute approximate surface area is 123 Å². The van der Waals surface area contributed by atoms with Gasteiger partial charge in [0.15, 0.2) is 0 Å².